The lowest BCUT2D eigenvalue weighted by molar-refractivity contribution is -0.140. The molecular formula is C24H29NO5. The molecule has 0 saturated carbocycles. The van der Waals surface area contributed by atoms with Gasteiger partial charge in [0.05, 0.1) is 12.7 Å². The van der Waals surface area contributed by atoms with E-state index in [0.717, 1.165) is 24.8 Å². The van der Waals surface area contributed by atoms with Crippen LogP contribution in [0.1, 0.15) is 49.0 Å². The summed E-state index contributed by atoms with van der Waals surface area (Å²) in [5.41, 5.74) is 1.34. The minimum atomic E-state index is -0.562. The van der Waals surface area contributed by atoms with Crippen LogP contribution in [-0.4, -0.2) is 42.6 Å². The first kappa shape index (κ1) is 21.7. The number of carbonyl (C=O) groups excluding carboxylic acids is 2. The van der Waals surface area contributed by atoms with Gasteiger partial charge in [0.2, 0.25) is 0 Å². The van der Waals surface area contributed by atoms with Gasteiger partial charge in [0.25, 0.3) is 5.91 Å². The van der Waals surface area contributed by atoms with Crippen molar-refractivity contribution < 1.29 is 23.8 Å². The van der Waals surface area contributed by atoms with Crippen molar-refractivity contribution in [3.05, 3.63) is 59.7 Å². The lowest BCUT2D eigenvalue weighted by atomic mass is 9.97. The number of amides is 1. The highest BCUT2D eigenvalue weighted by molar-refractivity contribution is 5.92. The first-order valence-electron chi connectivity index (χ1n) is 10.3. The summed E-state index contributed by atoms with van der Waals surface area (Å²) in [7, 11) is 1.52. The highest BCUT2D eigenvalue weighted by Gasteiger charge is 2.29. The number of nitrogens with zero attached hydrogens (tertiary/aromatic N) is 1. The van der Waals surface area contributed by atoms with E-state index >= 15 is 0 Å². The molecule has 1 saturated heterocycles. The minimum Gasteiger partial charge on any atom is -0.493 e. The summed E-state index contributed by atoms with van der Waals surface area (Å²) in [5.74, 6) is 0.251. The van der Waals surface area contributed by atoms with Gasteiger partial charge in [0.1, 0.15) is 6.61 Å². The Morgan fingerprint density at radius 1 is 1.00 bits per heavy atom. The largest absolute Gasteiger partial charge is 0.493 e. The number of likely N-dealkylation sites (tertiary alicyclic amines) is 1. The molecule has 6 nitrogen and oxygen atoms in total. The van der Waals surface area contributed by atoms with Gasteiger partial charge >= 0.3 is 5.97 Å². The summed E-state index contributed by atoms with van der Waals surface area (Å²) in [5, 5.41) is 0. The van der Waals surface area contributed by atoms with Crippen LogP contribution in [0.15, 0.2) is 48.5 Å². The summed E-state index contributed by atoms with van der Waals surface area (Å²) >= 11 is 0. The number of hydrogen-bond acceptors (Lipinski definition) is 5. The van der Waals surface area contributed by atoms with E-state index in [0.29, 0.717) is 23.7 Å². The van der Waals surface area contributed by atoms with Gasteiger partial charge in [0.15, 0.2) is 18.1 Å². The van der Waals surface area contributed by atoms with Crippen LogP contribution in [0.5, 0.6) is 11.5 Å². The molecule has 30 heavy (non-hydrogen) atoms. The topological polar surface area (TPSA) is 65.1 Å². The standard InChI is InChI=1S/C24H29NO5/c1-17-8-7-9-18(2)25(17)23(26)16-30-24(27)20-12-13-21(22(14-20)28-3)29-15-19-10-5-4-6-11-19/h4-6,10-14,17-18H,7-9,15-16H2,1-3H3/t17-,18-/m1/s1. The van der Waals surface area contributed by atoms with Crippen LogP contribution in [0.2, 0.25) is 0 Å². The molecule has 1 heterocycles. The van der Waals surface area contributed by atoms with E-state index in [4.69, 9.17) is 14.2 Å². The van der Waals surface area contributed by atoms with E-state index in [1.54, 1.807) is 18.2 Å². The quantitative estimate of drug-likeness (QED) is 0.638. The molecule has 2 atom stereocenters. The third-order valence-electron chi connectivity index (χ3n) is 5.44. The molecule has 6 heteroatoms. The molecular weight excluding hydrogens is 382 g/mol. The van der Waals surface area contributed by atoms with Crippen LogP contribution >= 0.6 is 0 Å². The molecule has 0 radical (unpaired) electrons. The smallest absolute Gasteiger partial charge is 0.338 e. The average molecular weight is 411 g/mol. The van der Waals surface area contributed by atoms with Crippen LogP contribution in [0.4, 0.5) is 0 Å². The Labute approximate surface area is 177 Å². The van der Waals surface area contributed by atoms with Gasteiger partial charge in [-0.15, -0.1) is 0 Å². The Morgan fingerprint density at radius 2 is 1.70 bits per heavy atom. The van der Waals surface area contributed by atoms with Crippen molar-refractivity contribution >= 4 is 11.9 Å². The second-order valence-corrected chi connectivity index (χ2v) is 7.65. The van der Waals surface area contributed by atoms with E-state index in [9.17, 15) is 9.59 Å². The number of carbonyl (C=O) groups is 2. The van der Waals surface area contributed by atoms with E-state index in [2.05, 4.69) is 0 Å². The number of methoxy groups -OCH3 is 1. The highest BCUT2D eigenvalue weighted by Crippen LogP contribution is 2.29. The predicted molar refractivity (Wildman–Crippen MR) is 114 cm³/mol. The number of rotatable bonds is 7. The third-order valence-corrected chi connectivity index (χ3v) is 5.44. The fourth-order valence-corrected chi connectivity index (χ4v) is 3.85. The first-order valence-corrected chi connectivity index (χ1v) is 10.3. The van der Waals surface area contributed by atoms with Gasteiger partial charge in [-0.25, -0.2) is 4.79 Å². The molecule has 1 aliphatic rings. The lowest BCUT2D eigenvalue weighted by Gasteiger charge is -2.38. The van der Waals surface area contributed by atoms with Crippen molar-refractivity contribution in [2.45, 2.75) is 51.8 Å². The maximum Gasteiger partial charge on any atom is 0.338 e. The molecule has 0 spiro atoms. The Kier molecular flexibility index (Phi) is 7.33. The molecule has 0 bridgehead atoms. The van der Waals surface area contributed by atoms with Crippen molar-refractivity contribution in [1.82, 2.24) is 4.90 Å². The van der Waals surface area contributed by atoms with Gasteiger partial charge in [-0.3, -0.25) is 4.79 Å². The minimum absolute atomic E-state index is 0.155. The molecule has 3 rings (SSSR count). The zero-order valence-electron chi connectivity index (χ0n) is 17.8. The second-order valence-electron chi connectivity index (χ2n) is 7.65. The van der Waals surface area contributed by atoms with Gasteiger partial charge in [0, 0.05) is 12.1 Å². The Bertz CT molecular complexity index is 857. The molecule has 0 unspecified atom stereocenters. The van der Waals surface area contributed by atoms with Crippen LogP contribution < -0.4 is 9.47 Å². The lowest BCUT2D eigenvalue weighted by Crippen LogP contribution is -2.49. The number of piperidine rings is 1. The highest BCUT2D eigenvalue weighted by atomic mass is 16.5. The SMILES string of the molecule is COc1cc(C(=O)OCC(=O)N2[C@H](C)CCC[C@H]2C)ccc1OCc1ccccc1. The third kappa shape index (κ3) is 5.32. The van der Waals surface area contributed by atoms with Crippen molar-refractivity contribution in [3.63, 3.8) is 0 Å². The molecule has 1 amide bonds. The number of ether oxygens (including phenoxy) is 3. The van der Waals surface area contributed by atoms with Crippen molar-refractivity contribution in [3.8, 4) is 11.5 Å². The number of benzene rings is 2. The summed E-state index contributed by atoms with van der Waals surface area (Å²) < 4.78 is 16.5. The van der Waals surface area contributed by atoms with E-state index < -0.39 is 5.97 Å². The maximum atomic E-state index is 12.6. The van der Waals surface area contributed by atoms with Crippen LogP contribution in [0, 0.1) is 0 Å². The van der Waals surface area contributed by atoms with Crippen molar-refractivity contribution in [2.75, 3.05) is 13.7 Å². The zero-order chi connectivity index (χ0) is 21.5. The molecule has 0 N–H and O–H groups in total. The van der Waals surface area contributed by atoms with E-state index in [-0.39, 0.29) is 24.6 Å². The van der Waals surface area contributed by atoms with E-state index in [1.165, 1.54) is 7.11 Å². The molecule has 0 aromatic heterocycles. The maximum absolute atomic E-state index is 12.6. The van der Waals surface area contributed by atoms with E-state index in [1.807, 2.05) is 49.1 Å². The first-order chi connectivity index (χ1) is 14.5. The summed E-state index contributed by atoms with van der Waals surface area (Å²) in [6.45, 7) is 4.20. The molecule has 2 aromatic carbocycles. The Balaban J connectivity index is 1.59. The fourth-order valence-electron chi connectivity index (χ4n) is 3.85. The fraction of sp³-hybridized carbons (Fsp3) is 0.417. The number of hydrogen-bond donors (Lipinski definition) is 0. The summed E-state index contributed by atoms with van der Waals surface area (Å²) in [4.78, 5) is 26.9. The monoisotopic (exact) mass is 411 g/mol. The molecule has 1 fully saturated rings. The molecule has 1 aliphatic heterocycles. The Morgan fingerprint density at radius 3 is 2.37 bits per heavy atom. The van der Waals surface area contributed by atoms with Crippen LogP contribution in [-0.2, 0) is 16.1 Å². The zero-order valence-corrected chi connectivity index (χ0v) is 17.8. The molecule has 0 aliphatic carbocycles. The van der Waals surface area contributed by atoms with Crippen LogP contribution in [0.3, 0.4) is 0 Å². The normalized spacial score (nSPS) is 18.6. The summed E-state index contributed by atoms with van der Waals surface area (Å²) in [6.07, 6.45) is 3.07. The molecule has 160 valence electrons. The second kappa shape index (κ2) is 10.1. The molecule has 2 aromatic rings. The van der Waals surface area contributed by atoms with Crippen molar-refractivity contribution in [1.29, 1.82) is 0 Å². The van der Waals surface area contributed by atoms with Gasteiger partial charge in [-0.1, -0.05) is 30.3 Å². The summed E-state index contributed by atoms with van der Waals surface area (Å²) in [6, 6.07) is 15.0. The Hall–Kier alpha value is -3.02. The van der Waals surface area contributed by atoms with Gasteiger partial charge in [-0.05, 0) is 56.9 Å². The van der Waals surface area contributed by atoms with Crippen LogP contribution in [0.25, 0.3) is 0 Å². The predicted octanol–water partition coefficient (Wildman–Crippen LogP) is 4.22. The van der Waals surface area contributed by atoms with Gasteiger partial charge in [-0.2, -0.15) is 0 Å². The van der Waals surface area contributed by atoms with Crippen molar-refractivity contribution in [2.24, 2.45) is 0 Å². The number of esters is 1. The van der Waals surface area contributed by atoms with Gasteiger partial charge < -0.3 is 19.1 Å². The average Bonchev–Trinajstić information content (AvgIpc) is 2.76.